The maximum atomic E-state index is 13.4. The van der Waals surface area contributed by atoms with Crippen LogP contribution in [0.15, 0.2) is 144 Å². The van der Waals surface area contributed by atoms with E-state index in [2.05, 4.69) is 20.9 Å². The van der Waals surface area contributed by atoms with Crippen LogP contribution in [0.5, 0.6) is 0 Å². The fourth-order valence-electron chi connectivity index (χ4n) is 4.20. The van der Waals surface area contributed by atoms with Crippen molar-refractivity contribution in [3.8, 4) is 0 Å². The van der Waals surface area contributed by atoms with Crippen molar-refractivity contribution in [2.75, 3.05) is 10.6 Å². The fourth-order valence-corrected chi connectivity index (χ4v) is 5.41. The topological polar surface area (TPSA) is 100 Å². The van der Waals surface area contributed by atoms with Crippen molar-refractivity contribution in [1.29, 1.82) is 0 Å². The van der Waals surface area contributed by atoms with Crippen LogP contribution in [0.3, 0.4) is 0 Å². The SMILES string of the molecule is O=C(Nc1ccc(SC(C(=O)Nc2cccc(Cl)c2)c2ccccc2)cc1)/C(=C/c1cccnc1)NC(=O)c1ccccc1. The van der Waals surface area contributed by atoms with Crippen molar-refractivity contribution in [3.63, 3.8) is 0 Å². The molecular weight excluding hydrogens is 592 g/mol. The Balaban J connectivity index is 1.31. The Hall–Kier alpha value is -5.18. The van der Waals surface area contributed by atoms with Crippen molar-refractivity contribution < 1.29 is 14.4 Å². The number of nitrogens with one attached hydrogen (secondary N) is 3. The third kappa shape index (κ3) is 8.44. The number of amides is 3. The van der Waals surface area contributed by atoms with Gasteiger partial charge in [-0.1, -0.05) is 72.3 Å². The number of halogens is 1. The maximum Gasteiger partial charge on any atom is 0.272 e. The van der Waals surface area contributed by atoms with Crippen molar-refractivity contribution in [2.45, 2.75) is 10.1 Å². The maximum absolute atomic E-state index is 13.4. The minimum atomic E-state index is -0.544. The van der Waals surface area contributed by atoms with E-state index in [0.717, 1.165) is 10.5 Å². The van der Waals surface area contributed by atoms with Gasteiger partial charge in [0.05, 0.1) is 0 Å². The number of carbonyl (C=O) groups excluding carboxylic acids is 3. The molecule has 0 saturated carbocycles. The molecule has 0 aliphatic heterocycles. The molecule has 0 aliphatic carbocycles. The van der Waals surface area contributed by atoms with Crippen LogP contribution < -0.4 is 16.0 Å². The lowest BCUT2D eigenvalue weighted by Crippen LogP contribution is -2.30. The second-order valence-corrected chi connectivity index (χ2v) is 11.2. The lowest BCUT2D eigenvalue weighted by Gasteiger charge is -2.17. The molecule has 0 bridgehead atoms. The van der Waals surface area contributed by atoms with Crippen LogP contribution in [0, 0.1) is 0 Å². The van der Waals surface area contributed by atoms with E-state index in [0.29, 0.717) is 27.5 Å². The average Bonchev–Trinajstić information content (AvgIpc) is 3.05. The van der Waals surface area contributed by atoms with E-state index in [-0.39, 0.29) is 11.6 Å². The van der Waals surface area contributed by atoms with Gasteiger partial charge in [0.25, 0.3) is 11.8 Å². The third-order valence-corrected chi connectivity index (χ3v) is 7.82. The highest BCUT2D eigenvalue weighted by atomic mass is 35.5. The summed E-state index contributed by atoms with van der Waals surface area (Å²) in [7, 11) is 0. The first-order chi connectivity index (χ1) is 21.4. The number of aromatic nitrogens is 1. The summed E-state index contributed by atoms with van der Waals surface area (Å²) in [4.78, 5) is 44.5. The van der Waals surface area contributed by atoms with E-state index in [1.165, 1.54) is 11.8 Å². The van der Waals surface area contributed by atoms with E-state index in [9.17, 15) is 14.4 Å². The number of anilines is 2. The largest absolute Gasteiger partial charge is 0.325 e. The zero-order valence-corrected chi connectivity index (χ0v) is 24.9. The molecule has 0 aliphatic rings. The zero-order valence-electron chi connectivity index (χ0n) is 23.3. The average molecular weight is 619 g/mol. The highest BCUT2D eigenvalue weighted by Gasteiger charge is 2.22. The molecule has 1 unspecified atom stereocenters. The molecule has 5 rings (SSSR count). The van der Waals surface area contributed by atoms with Crippen LogP contribution in [0.1, 0.15) is 26.7 Å². The second kappa shape index (κ2) is 14.8. The van der Waals surface area contributed by atoms with E-state index in [4.69, 9.17) is 11.6 Å². The van der Waals surface area contributed by atoms with Crippen LogP contribution in [0.4, 0.5) is 11.4 Å². The van der Waals surface area contributed by atoms with Gasteiger partial charge in [0.15, 0.2) is 0 Å². The van der Waals surface area contributed by atoms with Crippen LogP contribution in [0.2, 0.25) is 5.02 Å². The monoisotopic (exact) mass is 618 g/mol. The van der Waals surface area contributed by atoms with Crippen LogP contribution in [0.25, 0.3) is 6.08 Å². The molecule has 9 heteroatoms. The quantitative estimate of drug-likeness (QED) is 0.110. The normalized spacial score (nSPS) is 11.7. The summed E-state index contributed by atoms with van der Waals surface area (Å²) >= 11 is 7.49. The fraction of sp³-hybridized carbons (Fsp3) is 0.0286. The molecule has 1 heterocycles. The molecule has 0 radical (unpaired) electrons. The van der Waals surface area contributed by atoms with E-state index in [1.54, 1.807) is 91.3 Å². The molecule has 1 aromatic heterocycles. The Kier molecular flexibility index (Phi) is 10.2. The van der Waals surface area contributed by atoms with Crippen LogP contribution in [-0.4, -0.2) is 22.7 Å². The summed E-state index contributed by atoms with van der Waals surface area (Å²) in [6.07, 6.45) is 4.79. The molecule has 0 saturated heterocycles. The van der Waals surface area contributed by atoms with Gasteiger partial charge in [0.1, 0.15) is 10.9 Å². The summed E-state index contributed by atoms with van der Waals surface area (Å²) in [6, 6.07) is 35.8. The summed E-state index contributed by atoms with van der Waals surface area (Å²) in [5, 5.41) is 8.51. The van der Waals surface area contributed by atoms with Gasteiger partial charge in [-0.15, -0.1) is 11.8 Å². The number of hydrogen-bond acceptors (Lipinski definition) is 5. The smallest absolute Gasteiger partial charge is 0.272 e. The van der Waals surface area contributed by atoms with Crippen LogP contribution >= 0.6 is 23.4 Å². The number of rotatable bonds is 10. The van der Waals surface area contributed by atoms with Gasteiger partial charge >= 0.3 is 0 Å². The summed E-state index contributed by atoms with van der Waals surface area (Å²) in [5.74, 6) is -1.10. The Morgan fingerprint density at radius 3 is 2.16 bits per heavy atom. The predicted octanol–water partition coefficient (Wildman–Crippen LogP) is 7.62. The molecule has 0 fully saturated rings. The van der Waals surface area contributed by atoms with Gasteiger partial charge in [0, 0.05) is 39.3 Å². The zero-order chi connectivity index (χ0) is 30.7. The number of nitrogens with zero attached hydrogens (tertiary/aromatic N) is 1. The molecule has 218 valence electrons. The number of carbonyl (C=O) groups is 3. The highest BCUT2D eigenvalue weighted by Crippen LogP contribution is 2.37. The van der Waals surface area contributed by atoms with Gasteiger partial charge in [-0.25, -0.2) is 0 Å². The molecule has 7 nitrogen and oxygen atoms in total. The van der Waals surface area contributed by atoms with Gasteiger partial charge in [-0.2, -0.15) is 0 Å². The third-order valence-electron chi connectivity index (χ3n) is 6.32. The standard InChI is InChI=1S/C35H27ClN4O3S/c36-27-14-7-15-29(22-27)39-35(43)32(25-10-3-1-4-11-25)44-30-18-16-28(17-19-30)38-34(42)31(21-24-9-8-20-37-23-24)40-33(41)26-12-5-2-6-13-26/h1-23,32H,(H,38,42)(H,39,43)(H,40,41)/b31-21-. The molecule has 4 aromatic carbocycles. The Labute approximate surface area is 264 Å². The summed E-state index contributed by atoms with van der Waals surface area (Å²) in [6.45, 7) is 0. The molecule has 0 spiro atoms. The van der Waals surface area contributed by atoms with Gasteiger partial charge < -0.3 is 16.0 Å². The molecule has 5 aromatic rings. The number of benzene rings is 4. The second-order valence-electron chi connectivity index (χ2n) is 9.55. The predicted molar refractivity (Wildman–Crippen MR) is 176 cm³/mol. The first-order valence-electron chi connectivity index (χ1n) is 13.6. The lowest BCUT2D eigenvalue weighted by atomic mass is 10.1. The number of hydrogen-bond donors (Lipinski definition) is 3. The molecule has 3 amide bonds. The van der Waals surface area contributed by atoms with E-state index in [1.807, 2.05) is 48.5 Å². The Morgan fingerprint density at radius 1 is 0.750 bits per heavy atom. The lowest BCUT2D eigenvalue weighted by molar-refractivity contribution is -0.116. The minimum absolute atomic E-state index is 0.0622. The molecular formula is C35H27ClN4O3S. The van der Waals surface area contributed by atoms with Crippen molar-refractivity contribution in [3.05, 3.63) is 161 Å². The Morgan fingerprint density at radius 2 is 1.48 bits per heavy atom. The number of pyridine rings is 1. The van der Waals surface area contributed by atoms with E-state index < -0.39 is 17.1 Å². The van der Waals surface area contributed by atoms with Gasteiger partial charge in [0.2, 0.25) is 5.91 Å². The molecule has 1 atom stereocenters. The van der Waals surface area contributed by atoms with E-state index >= 15 is 0 Å². The van der Waals surface area contributed by atoms with Crippen molar-refractivity contribution in [2.24, 2.45) is 0 Å². The molecule has 44 heavy (non-hydrogen) atoms. The first kappa shape index (κ1) is 30.3. The highest BCUT2D eigenvalue weighted by molar-refractivity contribution is 8.00. The summed E-state index contributed by atoms with van der Waals surface area (Å²) in [5.41, 5.74) is 3.11. The van der Waals surface area contributed by atoms with Gasteiger partial charge in [-0.05, 0) is 77.9 Å². The first-order valence-corrected chi connectivity index (χ1v) is 14.9. The summed E-state index contributed by atoms with van der Waals surface area (Å²) < 4.78 is 0. The van der Waals surface area contributed by atoms with Crippen molar-refractivity contribution >= 4 is 58.5 Å². The minimum Gasteiger partial charge on any atom is -0.325 e. The number of thioether (sulfide) groups is 1. The molecule has 3 N–H and O–H groups in total. The van der Waals surface area contributed by atoms with Crippen LogP contribution in [-0.2, 0) is 9.59 Å². The van der Waals surface area contributed by atoms with Crippen molar-refractivity contribution in [1.82, 2.24) is 10.3 Å². The van der Waals surface area contributed by atoms with Gasteiger partial charge in [-0.3, -0.25) is 19.4 Å². The Bertz CT molecular complexity index is 1770.